The Bertz CT molecular complexity index is 317. The van der Waals surface area contributed by atoms with Crippen molar-refractivity contribution in [1.29, 1.82) is 0 Å². The lowest BCUT2D eigenvalue weighted by molar-refractivity contribution is -0.137. The quantitative estimate of drug-likeness (QED) is 0.833. The Kier molecular flexibility index (Phi) is 4.85. The zero-order chi connectivity index (χ0) is 13.9. The van der Waals surface area contributed by atoms with Crippen LogP contribution in [0.1, 0.15) is 58.8 Å². The van der Waals surface area contributed by atoms with Crippen molar-refractivity contribution in [3.8, 4) is 0 Å². The molecule has 4 nitrogen and oxygen atoms in total. The zero-order valence-electron chi connectivity index (χ0n) is 12.2. The lowest BCUT2D eigenvalue weighted by Gasteiger charge is -2.37. The summed E-state index contributed by atoms with van der Waals surface area (Å²) in [6.45, 7) is 6.40. The molecule has 0 aromatic carbocycles. The average Bonchev–Trinajstić information content (AvgIpc) is 2.67. The first kappa shape index (κ1) is 14.8. The lowest BCUT2D eigenvalue weighted by Crippen LogP contribution is -2.44. The predicted molar refractivity (Wildman–Crippen MR) is 74.3 cm³/mol. The molecule has 110 valence electrons. The Balaban J connectivity index is 1.83. The standard InChI is InChI=1S/C15H27NO3/c1-15(2)9-8-13(19-15)11-16-10-4-3-5-12(16)6-7-14(17)18/h12-13H,3-11H2,1-2H3,(H,17,18). The van der Waals surface area contributed by atoms with E-state index in [1.807, 2.05) is 0 Å². The molecule has 0 radical (unpaired) electrons. The third-order valence-corrected chi connectivity index (χ3v) is 4.43. The fourth-order valence-corrected chi connectivity index (χ4v) is 3.39. The third-order valence-electron chi connectivity index (χ3n) is 4.43. The number of carboxylic acid groups (broad SMARTS) is 1. The van der Waals surface area contributed by atoms with Gasteiger partial charge in [-0.25, -0.2) is 0 Å². The van der Waals surface area contributed by atoms with Crippen LogP contribution in [0.15, 0.2) is 0 Å². The van der Waals surface area contributed by atoms with Gasteiger partial charge in [0.1, 0.15) is 0 Å². The zero-order valence-corrected chi connectivity index (χ0v) is 12.2. The molecule has 2 aliphatic rings. The second-order valence-corrected chi connectivity index (χ2v) is 6.62. The Morgan fingerprint density at radius 3 is 2.79 bits per heavy atom. The Morgan fingerprint density at radius 2 is 2.16 bits per heavy atom. The number of hydrogen-bond donors (Lipinski definition) is 1. The van der Waals surface area contributed by atoms with Gasteiger partial charge in [-0.3, -0.25) is 9.69 Å². The molecule has 4 heteroatoms. The molecule has 2 saturated heterocycles. The molecular formula is C15H27NO3. The first-order valence-corrected chi connectivity index (χ1v) is 7.60. The predicted octanol–water partition coefficient (Wildman–Crippen LogP) is 2.66. The van der Waals surface area contributed by atoms with Crippen LogP contribution in [0.25, 0.3) is 0 Å². The summed E-state index contributed by atoms with van der Waals surface area (Å²) in [6, 6.07) is 0.442. The number of aliphatic carboxylic acids is 1. The molecule has 2 atom stereocenters. The van der Waals surface area contributed by atoms with Crippen LogP contribution in [0.4, 0.5) is 0 Å². The Morgan fingerprint density at radius 1 is 1.37 bits per heavy atom. The van der Waals surface area contributed by atoms with Crippen LogP contribution in [-0.2, 0) is 9.53 Å². The first-order chi connectivity index (χ1) is 8.96. The summed E-state index contributed by atoms with van der Waals surface area (Å²) in [4.78, 5) is 13.2. The van der Waals surface area contributed by atoms with E-state index in [4.69, 9.17) is 9.84 Å². The Labute approximate surface area is 116 Å². The van der Waals surface area contributed by atoms with E-state index in [-0.39, 0.29) is 12.0 Å². The smallest absolute Gasteiger partial charge is 0.303 e. The van der Waals surface area contributed by atoms with Gasteiger partial charge in [-0.15, -0.1) is 0 Å². The van der Waals surface area contributed by atoms with Crippen molar-refractivity contribution in [3.63, 3.8) is 0 Å². The monoisotopic (exact) mass is 269 g/mol. The van der Waals surface area contributed by atoms with E-state index < -0.39 is 5.97 Å². The van der Waals surface area contributed by atoms with Crippen molar-refractivity contribution in [2.75, 3.05) is 13.1 Å². The minimum absolute atomic E-state index is 0.0248. The lowest BCUT2D eigenvalue weighted by atomic mass is 9.97. The van der Waals surface area contributed by atoms with E-state index in [9.17, 15) is 4.79 Å². The van der Waals surface area contributed by atoms with E-state index in [1.54, 1.807) is 0 Å². The Hall–Kier alpha value is -0.610. The topological polar surface area (TPSA) is 49.8 Å². The molecule has 1 N–H and O–H groups in total. The molecule has 19 heavy (non-hydrogen) atoms. The summed E-state index contributed by atoms with van der Waals surface area (Å²) in [6.07, 6.45) is 7.28. The summed E-state index contributed by atoms with van der Waals surface area (Å²) in [5, 5.41) is 8.84. The molecule has 0 saturated carbocycles. The van der Waals surface area contributed by atoms with Crippen LogP contribution in [0.3, 0.4) is 0 Å². The minimum atomic E-state index is -0.677. The molecule has 2 fully saturated rings. The van der Waals surface area contributed by atoms with Crippen LogP contribution in [0.2, 0.25) is 0 Å². The van der Waals surface area contributed by atoms with Gasteiger partial charge in [0, 0.05) is 19.0 Å². The van der Waals surface area contributed by atoms with E-state index in [1.165, 1.54) is 12.8 Å². The number of ether oxygens (including phenoxy) is 1. The maximum Gasteiger partial charge on any atom is 0.303 e. The summed E-state index contributed by atoms with van der Waals surface area (Å²) in [5.74, 6) is -0.677. The van der Waals surface area contributed by atoms with Gasteiger partial charge in [0.2, 0.25) is 0 Å². The molecule has 0 amide bonds. The van der Waals surface area contributed by atoms with Gasteiger partial charge in [0.25, 0.3) is 0 Å². The summed E-state index contributed by atoms with van der Waals surface area (Å²) in [7, 11) is 0. The third kappa shape index (κ3) is 4.46. The van der Waals surface area contributed by atoms with E-state index >= 15 is 0 Å². The number of piperidine rings is 1. The van der Waals surface area contributed by atoms with E-state index in [0.717, 1.165) is 38.8 Å². The molecule has 2 rings (SSSR count). The number of carboxylic acids is 1. The highest BCUT2D eigenvalue weighted by Gasteiger charge is 2.34. The molecular weight excluding hydrogens is 242 g/mol. The van der Waals surface area contributed by atoms with Gasteiger partial charge in [0.05, 0.1) is 11.7 Å². The molecule has 2 heterocycles. The van der Waals surface area contributed by atoms with Crippen molar-refractivity contribution in [2.45, 2.75) is 76.5 Å². The van der Waals surface area contributed by atoms with Gasteiger partial charge in [-0.1, -0.05) is 6.42 Å². The number of carbonyl (C=O) groups is 1. The second-order valence-electron chi connectivity index (χ2n) is 6.62. The maximum atomic E-state index is 10.7. The number of hydrogen-bond acceptors (Lipinski definition) is 3. The van der Waals surface area contributed by atoms with Crippen LogP contribution in [-0.4, -0.2) is 46.8 Å². The average molecular weight is 269 g/mol. The fraction of sp³-hybridized carbons (Fsp3) is 0.933. The molecule has 0 bridgehead atoms. The van der Waals surface area contributed by atoms with Crippen molar-refractivity contribution in [1.82, 2.24) is 4.90 Å². The van der Waals surface area contributed by atoms with Crippen LogP contribution >= 0.6 is 0 Å². The largest absolute Gasteiger partial charge is 0.481 e. The van der Waals surface area contributed by atoms with Gasteiger partial charge in [-0.05, 0) is 52.5 Å². The summed E-state index contributed by atoms with van der Waals surface area (Å²) < 4.78 is 6.07. The highest BCUT2D eigenvalue weighted by molar-refractivity contribution is 5.66. The van der Waals surface area contributed by atoms with Gasteiger partial charge in [0.15, 0.2) is 0 Å². The molecule has 0 spiro atoms. The van der Waals surface area contributed by atoms with Crippen LogP contribution < -0.4 is 0 Å². The first-order valence-electron chi connectivity index (χ1n) is 7.60. The minimum Gasteiger partial charge on any atom is -0.481 e. The molecule has 2 aliphatic heterocycles. The van der Waals surface area contributed by atoms with Gasteiger partial charge >= 0.3 is 5.97 Å². The normalized spacial score (nSPS) is 31.5. The molecule has 2 unspecified atom stereocenters. The summed E-state index contributed by atoms with van der Waals surface area (Å²) in [5.41, 5.74) is 0.0248. The van der Waals surface area contributed by atoms with Crippen molar-refractivity contribution in [2.24, 2.45) is 0 Å². The molecule has 0 aromatic heterocycles. The van der Waals surface area contributed by atoms with Crippen molar-refractivity contribution < 1.29 is 14.6 Å². The van der Waals surface area contributed by atoms with Gasteiger partial charge < -0.3 is 9.84 Å². The molecule has 0 aliphatic carbocycles. The number of nitrogens with zero attached hydrogens (tertiary/aromatic N) is 1. The van der Waals surface area contributed by atoms with Crippen LogP contribution in [0.5, 0.6) is 0 Å². The number of rotatable bonds is 5. The maximum absolute atomic E-state index is 10.7. The fourth-order valence-electron chi connectivity index (χ4n) is 3.39. The van der Waals surface area contributed by atoms with E-state index in [2.05, 4.69) is 18.7 Å². The van der Waals surface area contributed by atoms with E-state index in [0.29, 0.717) is 12.1 Å². The summed E-state index contributed by atoms with van der Waals surface area (Å²) >= 11 is 0. The second kappa shape index (κ2) is 6.23. The highest BCUT2D eigenvalue weighted by atomic mass is 16.5. The van der Waals surface area contributed by atoms with Crippen molar-refractivity contribution in [3.05, 3.63) is 0 Å². The molecule has 0 aromatic rings. The van der Waals surface area contributed by atoms with Crippen LogP contribution in [0, 0.1) is 0 Å². The highest BCUT2D eigenvalue weighted by Crippen LogP contribution is 2.31. The number of likely N-dealkylation sites (tertiary alicyclic amines) is 1. The SMILES string of the molecule is CC1(C)CCC(CN2CCCCC2CCC(=O)O)O1. The van der Waals surface area contributed by atoms with Crippen molar-refractivity contribution >= 4 is 5.97 Å². The van der Waals surface area contributed by atoms with Gasteiger partial charge in [-0.2, -0.15) is 0 Å².